The second-order valence-corrected chi connectivity index (χ2v) is 3.61. The summed E-state index contributed by atoms with van der Waals surface area (Å²) in [4.78, 5) is 2.57. The van der Waals surface area contributed by atoms with Crippen LogP contribution < -0.4 is 0 Å². The molecule has 60 valence electrons. The molecule has 1 unspecified atom stereocenters. The van der Waals surface area contributed by atoms with Crippen molar-refractivity contribution in [3.63, 3.8) is 0 Å². The Balaban J connectivity index is 2.36. The molecule has 0 radical (unpaired) electrons. The number of hydrogen-bond acceptors (Lipinski definition) is 1. The first-order valence-electron chi connectivity index (χ1n) is 4.48. The number of piperidine rings is 1. The second-order valence-electron chi connectivity index (χ2n) is 3.61. The summed E-state index contributed by atoms with van der Waals surface area (Å²) in [6.07, 6.45) is 2.80. The first kappa shape index (κ1) is 8.06. The lowest BCUT2D eigenvalue weighted by atomic mass is 9.93. The van der Waals surface area contributed by atoms with Crippen LogP contribution in [0.1, 0.15) is 33.6 Å². The van der Waals surface area contributed by atoms with Gasteiger partial charge in [0.05, 0.1) is 0 Å². The Morgan fingerprint density at radius 3 is 2.60 bits per heavy atom. The Labute approximate surface area is 64.4 Å². The van der Waals surface area contributed by atoms with Crippen molar-refractivity contribution in [2.75, 3.05) is 13.1 Å². The van der Waals surface area contributed by atoms with Crippen molar-refractivity contribution in [2.45, 2.75) is 39.7 Å². The van der Waals surface area contributed by atoms with E-state index in [-0.39, 0.29) is 0 Å². The van der Waals surface area contributed by atoms with Gasteiger partial charge in [-0.15, -0.1) is 0 Å². The SMILES string of the molecule is CCN1CC[C@@H](C)CC1C. The molecule has 0 N–H and O–H groups in total. The summed E-state index contributed by atoms with van der Waals surface area (Å²) in [5, 5.41) is 0. The molecule has 1 nitrogen and oxygen atoms in total. The van der Waals surface area contributed by atoms with Crippen LogP contribution in [-0.4, -0.2) is 24.0 Å². The summed E-state index contributed by atoms with van der Waals surface area (Å²) in [5.41, 5.74) is 0. The highest BCUT2D eigenvalue weighted by Gasteiger charge is 2.20. The molecule has 0 aromatic rings. The molecule has 0 spiro atoms. The molecule has 1 heteroatoms. The number of rotatable bonds is 1. The summed E-state index contributed by atoms with van der Waals surface area (Å²) in [7, 11) is 0. The molecule has 0 bridgehead atoms. The van der Waals surface area contributed by atoms with E-state index in [0.29, 0.717) is 0 Å². The van der Waals surface area contributed by atoms with Gasteiger partial charge in [-0.05, 0) is 38.8 Å². The smallest absolute Gasteiger partial charge is 0.00693 e. The van der Waals surface area contributed by atoms with Crippen molar-refractivity contribution in [2.24, 2.45) is 5.92 Å². The summed E-state index contributed by atoms with van der Waals surface area (Å²) >= 11 is 0. The second kappa shape index (κ2) is 3.38. The van der Waals surface area contributed by atoms with E-state index in [0.717, 1.165) is 12.0 Å². The van der Waals surface area contributed by atoms with E-state index < -0.39 is 0 Å². The largest absolute Gasteiger partial charge is 0.301 e. The van der Waals surface area contributed by atoms with Gasteiger partial charge < -0.3 is 4.90 Å². The average molecular weight is 141 g/mol. The van der Waals surface area contributed by atoms with Gasteiger partial charge >= 0.3 is 0 Å². The first-order valence-corrected chi connectivity index (χ1v) is 4.48. The molecule has 1 heterocycles. The third kappa shape index (κ3) is 1.72. The van der Waals surface area contributed by atoms with Gasteiger partial charge in [0.2, 0.25) is 0 Å². The monoisotopic (exact) mass is 141 g/mol. The van der Waals surface area contributed by atoms with Crippen LogP contribution in [0.3, 0.4) is 0 Å². The fourth-order valence-electron chi connectivity index (χ4n) is 1.93. The van der Waals surface area contributed by atoms with Gasteiger partial charge in [0, 0.05) is 6.04 Å². The third-order valence-corrected chi connectivity index (χ3v) is 2.68. The average Bonchev–Trinajstić information content (AvgIpc) is 1.88. The standard InChI is InChI=1S/C9H19N/c1-4-10-6-5-8(2)7-9(10)3/h8-9H,4-7H2,1-3H3/t8-,9?/m1/s1. The molecule has 0 amide bonds. The van der Waals surface area contributed by atoms with Crippen LogP contribution >= 0.6 is 0 Å². The molecule has 1 fully saturated rings. The quantitative estimate of drug-likeness (QED) is 0.540. The minimum absolute atomic E-state index is 0.828. The van der Waals surface area contributed by atoms with Crippen molar-refractivity contribution in [3.05, 3.63) is 0 Å². The molecular formula is C9H19N. The molecule has 0 aromatic carbocycles. The Morgan fingerprint density at radius 1 is 1.40 bits per heavy atom. The van der Waals surface area contributed by atoms with Gasteiger partial charge in [-0.25, -0.2) is 0 Å². The molecule has 0 aliphatic carbocycles. The van der Waals surface area contributed by atoms with E-state index in [2.05, 4.69) is 25.7 Å². The molecule has 10 heavy (non-hydrogen) atoms. The lowest BCUT2D eigenvalue weighted by Crippen LogP contribution is -2.39. The van der Waals surface area contributed by atoms with Crippen LogP contribution in [0.5, 0.6) is 0 Å². The zero-order valence-corrected chi connectivity index (χ0v) is 7.43. The molecule has 1 aliphatic heterocycles. The van der Waals surface area contributed by atoms with Crippen LogP contribution in [0.25, 0.3) is 0 Å². The topological polar surface area (TPSA) is 3.24 Å². The number of nitrogens with zero attached hydrogens (tertiary/aromatic N) is 1. The predicted octanol–water partition coefficient (Wildman–Crippen LogP) is 2.13. The third-order valence-electron chi connectivity index (χ3n) is 2.68. The Kier molecular flexibility index (Phi) is 2.72. The van der Waals surface area contributed by atoms with Crippen LogP contribution in [0.15, 0.2) is 0 Å². The minimum Gasteiger partial charge on any atom is -0.301 e. The van der Waals surface area contributed by atoms with Crippen molar-refractivity contribution in [1.82, 2.24) is 4.90 Å². The number of likely N-dealkylation sites (tertiary alicyclic amines) is 1. The highest BCUT2D eigenvalue weighted by molar-refractivity contribution is 4.75. The van der Waals surface area contributed by atoms with E-state index >= 15 is 0 Å². The highest BCUT2D eigenvalue weighted by Crippen LogP contribution is 2.21. The normalized spacial score (nSPS) is 36.3. The summed E-state index contributed by atoms with van der Waals surface area (Å²) in [6, 6.07) is 0.828. The van der Waals surface area contributed by atoms with Crippen LogP contribution in [0.4, 0.5) is 0 Å². The summed E-state index contributed by atoms with van der Waals surface area (Å²) < 4.78 is 0. The van der Waals surface area contributed by atoms with Crippen LogP contribution in [0.2, 0.25) is 0 Å². The molecule has 1 aliphatic rings. The number of hydrogen-bond donors (Lipinski definition) is 0. The molecular weight excluding hydrogens is 122 g/mol. The zero-order chi connectivity index (χ0) is 7.56. The molecule has 2 atom stereocenters. The fourth-order valence-corrected chi connectivity index (χ4v) is 1.93. The maximum atomic E-state index is 2.57. The van der Waals surface area contributed by atoms with Crippen molar-refractivity contribution < 1.29 is 0 Å². The Morgan fingerprint density at radius 2 is 2.10 bits per heavy atom. The van der Waals surface area contributed by atoms with Crippen molar-refractivity contribution >= 4 is 0 Å². The lowest BCUT2D eigenvalue weighted by Gasteiger charge is -2.35. The van der Waals surface area contributed by atoms with E-state index in [1.54, 1.807) is 0 Å². The van der Waals surface area contributed by atoms with Gasteiger partial charge in [0.15, 0.2) is 0 Å². The van der Waals surface area contributed by atoms with Gasteiger partial charge in [-0.2, -0.15) is 0 Å². The summed E-state index contributed by atoms with van der Waals surface area (Å²) in [6.45, 7) is 9.52. The van der Waals surface area contributed by atoms with Crippen molar-refractivity contribution in [3.8, 4) is 0 Å². The van der Waals surface area contributed by atoms with E-state index in [1.165, 1.54) is 25.9 Å². The molecule has 1 rings (SSSR count). The Bertz CT molecular complexity index is 101. The zero-order valence-electron chi connectivity index (χ0n) is 7.43. The van der Waals surface area contributed by atoms with E-state index in [1.807, 2.05) is 0 Å². The van der Waals surface area contributed by atoms with E-state index in [9.17, 15) is 0 Å². The van der Waals surface area contributed by atoms with Gasteiger partial charge in [0.1, 0.15) is 0 Å². The van der Waals surface area contributed by atoms with Crippen molar-refractivity contribution in [1.29, 1.82) is 0 Å². The maximum Gasteiger partial charge on any atom is 0.00693 e. The predicted molar refractivity (Wildman–Crippen MR) is 45.1 cm³/mol. The lowest BCUT2D eigenvalue weighted by molar-refractivity contribution is 0.136. The van der Waals surface area contributed by atoms with E-state index in [4.69, 9.17) is 0 Å². The van der Waals surface area contributed by atoms with Gasteiger partial charge in [-0.1, -0.05) is 13.8 Å². The molecule has 0 aromatic heterocycles. The molecule has 0 saturated carbocycles. The van der Waals surface area contributed by atoms with Gasteiger partial charge in [0.25, 0.3) is 0 Å². The Hall–Kier alpha value is -0.0400. The van der Waals surface area contributed by atoms with Crippen LogP contribution in [-0.2, 0) is 0 Å². The molecule has 1 saturated heterocycles. The van der Waals surface area contributed by atoms with Gasteiger partial charge in [-0.3, -0.25) is 0 Å². The fraction of sp³-hybridized carbons (Fsp3) is 1.00. The maximum absolute atomic E-state index is 2.57. The summed E-state index contributed by atoms with van der Waals surface area (Å²) in [5.74, 6) is 0.956. The van der Waals surface area contributed by atoms with Crippen LogP contribution in [0, 0.1) is 5.92 Å². The first-order chi connectivity index (χ1) is 4.74. The highest BCUT2D eigenvalue weighted by atomic mass is 15.1. The minimum atomic E-state index is 0.828.